The summed E-state index contributed by atoms with van der Waals surface area (Å²) in [6, 6.07) is 5.90. The van der Waals surface area contributed by atoms with Crippen molar-refractivity contribution < 1.29 is 9.18 Å². The largest absolute Gasteiger partial charge is 0.269 e. The van der Waals surface area contributed by atoms with Crippen molar-refractivity contribution in [3.05, 3.63) is 35.4 Å². The van der Waals surface area contributed by atoms with Crippen LogP contribution in [0.2, 0.25) is 0 Å². The van der Waals surface area contributed by atoms with Crippen molar-refractivity contribution in [3.63, 3.8) is 0 Å². The lowest BCUT2D eigenvalue weighted by Crippen LogP contribution is -1.97. The monoisotopic (exact) mass is 152 g/mol. The Balaban J connectivity index is 2.91. The van der Waals surface area contributed by atoms with E-state index in [-0.39, 0.29) is 0 Å². The van der Waals surface area contributed by atoms with Crippen molar-refractivity contribution >= 4 is 5.91 Å². The van der Waals surface area contributed by atoms with Gasteiger partial charge in [0.2, 0.25) is 0 Å². The average Bonchev–Trinajstić information content (AvgIpc) is 2.05. The Labute approximate surface area is 63.8 Å². The number of amides is 1. The molecule has 0 atom stereocenters. The number of rotatable bonds is 2. The lowest BCUT2D eigenvalue weighted by atomic mass is 10.1. The molecule has 0 aromatic heterocycles. The lowest BCUT2D eigenvalue weighted by Gasteiger charge is -1.94. The van der Waals surface area contributed by atoms with Crippen molar-refractivity contribution in [1.82, 2.24) is 5.73 Å². The van der Waals surface area contributed by atoms with Crippen LogP contribution in [0.15, 0.2) is 24.3 Å². The number of nitrogens with one attached hydrogen (secondary N) is 1. The van der Waals surface area contributed by atoms with Gasteiger partial charge < -0.3 is 0 Å². The standard InChI is InChI=1S/C8H7FNO/c9-5-6-1-3-7(4-2-6)8(10)11/h1-4,10H,5H2. The molecule has 1 aromatic carbocycles. The van der Waals surface area contributed by atoms with Gasteiger partial charge in [-0.25, -0.2) is 4.39 Å². The molecule has 0 aliphatic heterocycles. The lowest BCUT2D eigenvalue weighted by molar-refractivity contribution is 0.0992. The van der Waals surface area contributed by atoms with E-state index in [1.54, 1.807) is 0 Å². The molecule has 1 aromatic rings. The van der Waals surface area contributed by atoms with Crippen LogP contribution in [-0.2, 0) is 6.67 Å². The van der Waals surface area contributed by atoms with E-state index in [9.17, 15) is 9.18 Å². The van der Waals surface area contributed by atoms with Crippen LogP contribution in [0.1, 0.15) is 15.9 Å². The smallest absolute Gasteiger partial charge is 0.267 e. The van der Waals surface area contributed by atoms with Gasteiger partial charge in [-0.3, -0.25) is 10.5 Å². The van der Waals surface area contributed by atoms with Crippen LogP contribution in [0.4, 0.5) is 4.39 Å². The molecule has 0 unspecified atom stereocenters. The zero-order valence-electron chi connectivity index (χ0n) is 5.80. The van der Waals surface area contributed by atoms with Gasteiger partial charge in [-0.05, 0) is 17.7 Å². The van der Waals surface area contributed by atoms with Gasteiger partial charge in [0.05, 0.1) is 0 Å². The first kappa shape index (κ1) is 7.72. The molecular formula is C8H7FNO. The molecule has 0 saturated heterocycles. The van der Waals surface area contributed by atoms with E-state index in [0.717, 1.165) is 0 Å². The van der Waals surface area contributed by atoms with Crippen molar-refractivity contribution in [2.24, 2.45) is 0 Å². The van der Waals surface area contributed by atoms with Crippen molar-refractivity contribution in [2.45, 2.75) is 6.67 Å². The Morgan fingerprint density at radius 2 is 1.91 bits per heavy atom. The molecule has 1 amide bonds. The second kappa shape index (κ2) is 3.14. The van der Waals surface area contributed by atoms with E-state index < -0.39 is 12.6 Å². The third-order valence-electron chi connectivity index (χ3n) is 1.37. The Hall–Kier alpha value is -1.38. The van der Waals surface area contributed by atoms with Crippen molar-refractivity contribution in [3.8, 4) is 0 Å². The van der Waals surface area contributed by atoms with Crippen LogP contribution >= 0.6 is 0 Å². The van der Waals surface area contributed by atoms with Gasteiger partial charge in [0.15, 0.2) is 0 Å². The maximum Gasteiger partial charge on any atom is 0.269 e. The Bertz CT molecular complexity index is 255. The number of carbonyl (C=O) groups excluding carboxylic acids is 1. The molecule has 0 spiro atoms. The molecule has 57 valence electrons. The van der Waals surface area contributed by atoms with Crippen molar-refractivity contribution in [2.75, 3.05) is 0 Å². The highest BCUT2D eigenvalue weighted by Crippen LogP contribution is 2.04. The summed E-state index contributed by atoms with van der Waals surface area (Å²) in [6.07, 6.45) is 0. The molecule has 2 nitrogen and oxygen atoms in total. The summed E-state index contributed by atoms with van der Waals surface area (Å²) in [7, 11) is 0. The SMILES string of the molecule is [NH]C(=O)c1ccc(CF)cc1. The Kier molecular flexibility index (Phi) is 2.21. The van der Waals surface area contributed by atoms with Gasteiger partial charge in [-0.2, -0.15) is 0 Å². The highest BCUT2D eigenvalue weighted by atomic mass is 19.1. The Morgan fingerprint density at radius 1 is 1.36 bits per heavy atom. The molecule has 0 aliphatic rings. The number of benzene rings is 1. The second-order valence-electron chi connectivity index (χ2n) is 2.16. The molecule has 11 heavy (non-hydrogen) atoms. The molecule has 0 bridgehead atoms. The molecule has 0 fully saturated rings. The fourth-order valence-corrected chi connectivity index (χ4v) is 0.745. The molecule has 3 heteroatoms. The number of alkyl halides is 1. The third kappa shape index (κ3) is 1.77. The van der Waals surface area contributed by atoms with E-state index in [1.165, 1.54) is 24.3 Å². The molecule has 1 N–H and O–H groups in total. The molecule has 0 aliphatic carbocycles. The van der Waals surface area contributed by atoms with Crippen LogP contribution < -0.4 is 5.73 Å². The minimum atomic E-state index is -0.740. The molecule has 1 radical (unpaired) electrons. The van der Waals surface area contributed by atoms with E-state index in [2.05, 4.69) is 0 Å². The summed E-state index contributed by atoms with van der Waals surface area (Å²) >= 11 is 0. The quantitative estimate of drug-likeness (QED) is 0.634. The van der Waals surface area contributed by atoms with Gasteiger partial charge in [0.1, 0.15) is 6.67 Å². The average molecular weight is 152 g/mol. The number of hydrogen-bond donors (Lipinski definition) is 0. The van der Waals surface area contributed by atoms with Crippen LogP contribution in [0.5, 0.6) is 0 Å². The summed E-state index contributed by atoms with van der Waals surface area (Å²) in [6.45, 7) is -0.535. The van der Waals surface area contributed by atoms with E-state index in [0.29, 0.717) is 11.1 Å². The van der Waals surface area contributed by atoms with Gasteiger partial charge in [0, 0.05) is 5.56 Å². The van der Waals surface area contributed by atoms with E-state index in [1.807, 2.05) is 0 Å². The first-order valence-electron chi connectivity index (χ1n) is 3.15. The molecule has 0 saturated carbocycles. The summed E-state index contributed by atoms with van der Waals surface area (Å²) in [5.74, 6) is -0.740. The number of halogens is 1. The van der Waals surface area contributed by atoms with Gasteiger partial charge >= 0.3 is 0 Å². The maximum atomic E-state index is 11.9. The maximum absolute atomic E-state index is 11.9. The molecule has 1 rings (SSSR count). The second-order valence-corrected chi connectivity index (χ2v) is 2.16. The summed E-state index contributed by atoms with van der Waals surface area (Å²) < 4.78 is 11.9. The van der Waals surface area contributed by atoms with Crippen molar-refractivity contribution in [1.29, 1.82) is 0 Å². The minimum Gasteiger partial charge on any atom is -0.267 e. The molecule has 0 heterocycles. The highest BCUT2D eigenvalue weighted by molar-refractivity contribution is 5.92. The topological polar surface area (TPSA) is 40.9 Å². The summed E-state index contributed by atoms with van der Waals surface area (Å²) in [4.78, 5) is 10.4. The summed E-state index contributed by atoms with van der Waals surface area (Å²) in [5, 5.41) is 0. The zero-order valence-corrected chi connectivity index (χ0v) is 5.80. The normalized spacial score (nSPS) is 9.55. The first-order valence-corrected chi connectivity index (χ1v) is 3.15. The zero-order chi connectivity index (χ0) is 8.27. The van der Waals surface area contributed by atoms with Crippen LogP contribution in [0.25, 0.3) is 0 Å². The Morgan fingerprint density at radius 3 is 2.27 bits per heavy atom. The predicted octanol–water partition coefficient (Wildman–Crippen LogP) is 1.58. The third-order valence-corrected chi connectivity index (χ3v) is 1.37. The number of hydrogen-bond acceptors (Lipinski definition) is 1. The van der Waals surface area contributed by atoms with Crippen LogP contribution in [0, 0.1) is 0 Å². The molecular weight excluding hydrogens is 145 g/mol. The van der Waals surface area contributed by atoms with Crippen LogP contribution in [-0.4, -0.2) is 5.91 Å². The van der Waals surface area contributed by atoms with E-state index >= 15 is 0 Å². The first-order chi connectivity index (χ1) is 5.24. The van der Waals surface area contributed by atoms with E-state index in [4.69, 9.17) is 5.73 Å². The van der Waals surface area contributed by atoms with Gasteiger partial charge in [-0.1, -0.05) is 12.1 Å². The van der Waals surface area contributed by atoms with Crippen LogP contribution in [0.3, 0.4) is 0 Å². The fourth-order valence-electron chi connectivity index (χ4n) is 0.745. The van der Waals surface area contributed by atoms with Gasteiger partial charge in [-0.15, -0.1) is 0 Å². The fraction of sp³-hybridized carbons (Fsp3) is 0.125. The highest BCUT2D eigenvalue weighted by Gasteiger charge is 1.99. The van der Waals surface area contributed by atoms with Gasteiger partial charge in [0.25, 0.3) is 5.91 Å². The predicted molar refractivity (Wildman–Crippen MR) is 38.7 cm³/mol. The number of carbonyl (C=O) groups is 1. The summed E-state index contributed by atoms with van der Waals surface area (Å²) in [5.41, 5.74) is 7.53. The minimum absolute atomic E-state index is 0.294.